The first-order valence-corrected chi connectivity index (χ1v) is 10.1. The van der Waals surface area contributed by atoms with Crippen molar-refractivity contribution in [3.63, 3.8) is 0 Å². The van der Waals surface area contributed by atoms with E-state index in [9.17, 15) is 9.59 Å². The fraction of sp³-hybridized carbons (Fsp3) is 0.900. The van der Waals surface area contributed by atoms with Gasteiger partial charge in [0.2, 0.25) is 11.8 Å². The zero-order chi connectivity index (χ0) is 18.2. The Hall–Kier alpha value is -1.10. The van der Waals surface area contributed by atoms with Crippen molar-refractivity contribution in [3.8, 4) is 0 Å². The average Bonchev–Trinajstić information content (AvgIpc) is 3.24. The quantitative estimate of drug-likeness (QED) is 0.785. The molecule has 3 rings (SSSR count). The average molecular weight is 351 g/mol. The van der Waals surface area contributed by atoms with Crippen LogP contribution in [0.5, 0.6) is 0 Å². The van der Waals surface area contributed by atoms with Crippen molar-refractivity contribution >= 4 is 11.8 Å². The number of likely N-dealkylation sites (N-methyl/N-ethyl adjacent to an activating group) is 1. The van der Waals surface area contributed by atoms with Gasteiger partial charge in [0.15, 0.2) is 0 Å². The third-order valence-corrected chi connectivity index (χ3v) is 6.67. The van der Waals surface area contributed by atoms with Crippen LogP contribution in [0.25, 0.3) is 0 Å². The van der Waals surface area contributed by atoms with E-state index < -0.39 is 11.8 Å². The summed E-state index contributed by atoms with van der Waals surface area (Å²) < 4.78 is 6.24. The Kier molecular flexibility index (Phi) is 5.42. The predicted octanol–water partition coefficient (Wildman–Crippen LogP) is 3.18. The SMILES string of the molecule is CC1CCC2(CC1)OCC(C(=O)N(C)C(C)C)N2C(=O)C1CCCC1. The van der Waals surface area contributed by atoms with Gasteiger partial charge >= 0.3 is 0 Å². The maximum absolute atomic E-state index is 13.4. The van der Waals surface area contributed by atoms with Crippen molar-refractivity contribution in [1.29, 1.82) is 0 Å². The van der Waals surface area contributed by atoms with E-state index in [1.165, 1.54) is 0 Å². The number of hydrogen-bond acceptors (Lipinski definition) is 3. The molecule has 0 radical (unpaired) electrons. The molecule has 142 valence electrons. The molecule has 1 saturated heterocycles. The molecule has 1 aliphatic heterocycles. The van der Waals surface area contributed by atoms with Crippen LogP contribution in [0.15, 0.2) is 0 Å². The molecule has 5 nitrogen and oxygen atoms in total. The number of amides is 2. The zero-order valence-electron chi connectivity index (χ0n) is 16.3. The Morgan fingerprint density at radius 1 is 1.12 bits per heavy atom. The first-order valence-electron chi connectivity index (χ1n) is 10.1. The lowest BCUT2D eigenvalue weighted by Crippen LogP contribution is -2.58. The molecule has 2 aliphatic carbocycles. The second-order valence-corrected chi connectivity index (χ2v) is 8.69. The van der Waals surface area contributed by atoms with Crippen LogP contribution in [0.1, 0.15) is 72.1 Å². The third-order valence-electron chi connectivity index (χ3n) is 6.67. The van der Waals surface area contributed by atoms with Crippen molar-refractivity contribution in [2.24, 2.45) is 11.8 Å². The summed E-state index contributed by atoms with van der Waals surface area (Å²) in [6.45, 7) is 6.63. The lowest BCUT2D eigenvalue weighted by Gasteiger charge is -2.44. The second kappa shape index (κ2) is 7.26. The van der Waals surface area contributed by atoms with Crippen LogP contribution < -0.4 is 0 Å². The summed E-state index contributed by atoms with van der Waals surface area (Å²) in [4.78, 5) is 30.1. The predicted molar refractivity (Wildman–Crippen MR) is 96.8 cm³/mol. The molecule has 1 atom stereocenters. The van der Waals surface area contributed by atoms with Crippen molar-refractivity contribution in [2.45, 2.75) is 89.9 Å². The molecule has 0 N–H and O–H groups in total. The van der Waals surface area contributed by atoms with Crippen LogP contribution in [-0.2, 0) is 14.3 Å². The van der Waals surface area contributed by atoms with Crippen LogP contribution in [0.2, 0.25) is 0 Å². The van der Waals surface area contributed by atoms with Gasteiger partial charge in [-0.2, -0.15) is 0 Å². The summed E-state index contributed by atoms with van der Waals surface area (Å²) >= 11 is 0. The molecule has 0 aromatic carbocycles. The van der Waals surface area contributed by atoms with Crippen LogP contribution in [0.4, 0.5) is 0 Å². The van der Waals surface area contributed by atoms with Gasteiger partial charge in [-0.15, -0.1) is 0 Å². The van der Waals surface area contributed by atoms with Crippen molar-refractivity contribution in [3.05, 3.63) is 0 Å². The molecule has 2 amide bonds. The number of ether oxygens (including phenoxy) is 1. The van der Waals surface area contributed by atoms with Gasteiger partial charge in [0.1, 0.15) is 11.8 Å². The van der Waals surface area contributed by atoms with Crippen molar-refractivity contribution in [2.75, 3.05) is 13.7 Å². The molecule has 5 heteroatoms. The highest BCUT2D eigenvalue weighted by Crippen LogP contribution is 2.44. The molecular formula is C20H34N2O3. The van der Waals surface area contributed by atoms with Gasteiger partial charge in [-0.05, 0) is 58.3 Å². The fourth-order valence-electron chi connectivity index (χ4n) is 4.66. The number of carbonyl (C=O) groups excluding carboxylic acids is 2. The van der Waals surface area contributed by atoms with E-state index in [4.69, 9.17) is 4.74 Å². The Morgan fingerprint density at radius 3 is 2.28 bits per heavy atom. The molecule has 1 unspecified atom stereocenters. The van der Waals surface area contributed by atoms with Crippen molar-refractivity contribution in [1.82, 2.24) is 9.80 Å². The van der Waals surface area contributed by atoms with Crippen LogP contribution in [0.3, 0.4) is 0 Å². The molecule has 25 heavy (non-hydrogen) atoms. The lowest BCUT2D eigenvalue weighted by atomic mass is 9.83. The van der Waals surface area contributed by atoms with Gasteiger partial charge in [-0.3, -0.25) is 14.5 Å². The highest BCUT2D eigenvalue weighted by molar-refractivity contribution is 5.90. The van der Waals surface area contributed by atoms with Crippen LogP contribution in [-0.4, -0.2) is 53.1 Å². The Balaban J connectivity index is 1.87. The molecular weight excluding hydrogens is 316 g/mol. The summed E-state index contributed by atoms with van der Waals surface area (Å²) in [7, 11) is 1.83. The van der Waals surface area contributed by atoms with E-state index in [1.807, 2.05) is 25.8 Å². The van der Waals surface area contributed by atoms with E-state index in [0.29, 0.717) is 12.5 Å². The maximum atomic E-state index is 13.4. The van der Waals surface area contributed by atoms with E-state index in [-0.39, 0.29) is 23.8 Å². The van der Waals surface area contributed by atoms with Gasteiger partial charge in [-0.25, -0.2) is 0 Å². The fourth-order valence-corrected chi connectivity index (χ4v) is 4.66. The first kappa shape index (κ1) is 18.7. The molecule has 2 saturated carbocycles. The second-order valence-electron chi connectivity index (χ2n) is 8.69. The molecule has 1 heterocycles. The van der Waals surface area contributed by atoms with E-state index in [0.717, 1.165) is 51.4 Å². The highest BCUT2D eigenvalue weighted by atomic mass is 16.5. The largest absolute Gasteiger partial charge is 0.353 e. The highest BCUT2D eigenvalue weighted by Gasteiger charge is 2.55. The summed E-state index contributed by atoms with van der Waals surface area (Å²) in [5.74, 6) is 0.945. The molecule has 0 bridgehead atoms. The summed E-state index contributed by atoms with van der Waals surface area (Å²) in [6, 6.07) is -0.326. The minimum atomic E-state index is -0.537. The van der Waals surface area contributed by atoms with Crippen LogP contribution in [0, 0.1) is 11.8 Å². The molecule has 0 aromatic heterocycles. The monoisotopic (exact) mass is 350 g/mol. The summed E-state index contributed by atoms with van der Waals surface area (Å²) in [5.41, 5.74) is -0.537. The van der Waals surface area contributed by atoms with Crippen molar-refractivity contribution < 1.29 is 14.3 Å². The molecule has 1 spiro atoms. The topological polar surface area (TPSA) is 49.9 Å². The van der Waals surface area contributed by atoms with Gasteiger partial charge in [0.05, 0.1) is 6.61 Å². The maximum Gasteiger partial charge on any atom is 0.247 e. The standard InChI is InChI=1S/C20H34N2O3/c1-14(2)21(4)19(24)17-13-25-20(11-9-15(3)10-12-20)22(17)18(23)16-7-5-6-8-16/h14-17H,5-13H2,1-4H3. The lowest BCUT2D eigenvalue weighted by molar-refractivity contribution is -0.166. The van der Waals surface area contributed by atoms with E-state index in [1.54, 1.807) is 4.90 Å². The van der Waals surface area contributed by atoms with Gasteiger partial charge in [0, 0.05) is 19.0 Å². The van der Waals surface area contributed by atoms with E-state index in [2.05, 4.69) is 6.92 Å². The minimum Gasteiger partial charge on any atom is -0.353 e. The Bertz CT molecular complexity index is 505. The van der Waals surface area contributed by atoms with Gasteiger partial charge in [-0.1, -0.05) is 19.8 Å². The number of carbonyl (C=O) groups is 2. The summed E-state index contributed by atoms with van der Waals surface area (Å²) in [5, 5.41) is 0. The van der Waals surface area contributed by atoms with Crippen LogP contribution >= 0.6 is 0 Å². The Labute approximate surface area is 152 Å². The smallest absolute Gasteiger partial charge is 0.247 e. The molecule has 0 aromatic rings. The summed E-state index contributed by atoms with van der Waals surface area (Å²) in [6.07, 6.45) is 8.03. The number of rotatable bonds is 3. The van der Waals surface area contributed by atoms with Gasteiger partial charge < -0.3 is 9.64 Å². The number of hydrogen-bond donors (Lipinski definition) is 0. The van der Waals surface area contributed by atoms with Gasteiger partial charge in [0.25, 0.3) is 0 Å². The zero-order valence-corrected chi connectivity index (χ0v) is 16.3. The van der Waals surface area contributed by atoms with E-state index >= 15 is 0 Å². The molecule has 3 aliphatic rings. The number of nitrogens with zero attached hydrogens (tertiary/aromatic N) is 2. The first-order chi connectivity index (χ1) is 11.9. The normalized spacial score (nSPS) is 33.4. The minimum absolute atomic E-state index is 0.0249. The Morgan fingerprint density at radius 2 is 1.72 bits per heavy atom. The third kappa shape index (κ3) is 3.44. The molecule has 3 fully saturated rings.